The molecule has 1 aliphatic carbocycles. The van der Waals surface area contributed by atoms with Gasteiger partial charge in [0.1, 0.15) is 5.69 Å². The lowest BCUT2D eigenvalue weighted by Gasteiger charge is -2.34. The summed E-state index contributed by atoms with van der Waals surface area (Å²) in [6.45, 7) is 0. The zero-order chi connectivity index (χ0) is 19.0. The number of hydrogen-bond donors (Lipinski definition) is 3. The predicted molar refractivity (Wildman–Crippen MR) is 98.5 cm³/mol. The molecule has 1 aromatic heterocycles. The van der Waals surface area contributed by atoms with Gasteiger partial charge in [0.15, 0.2) is 5.82 Å². The molecule has 26 heavy (non-hydrogen) atoms. The third kappa shape index (κ3) is 3.54. The van der Waals surface area contributed by atoms with Crippen molar-refractivity contribution in [2.24, 2.45) is 11.7 Å². The Bertz CT molecular complexity index is 851. The van der Waals surface area contributed by atoms with Gasteiger partial charge in [0.2, 0.25) is 5.91 Å². The molecule has 4 N–H and O–H groups in total. The van der Waals surface area contributed by atoms with E-state index in [-0.39, 0.29) is 45.9 Å². The van der Waals surface area contributed by atoms with Crippen molar-refractivity contribution >= 4 is 34.3 Å². The molecule has 0 aliphatic heterocycles. The maximum atomic E-state index is 14.0. The van der Waals surface area contributed by atoms with Crippen LogP contribution in [0.4, 0.5) is 4.39 Å². The number of H-pyrrole nitrogens is 1. The number of benzene rings is 1. The minimum atomic E-state index is -0.557. The van der Waals surface area contributed by atoms with E-state index in [1.165, 1.54) is 12.1 Å². The highest BCUT2D eigenvalue weighted by molar-refractivity contribution is 6.31. The molecular weight excluding hydrogens is 359 g/mol. The number of aromatic nitrogens is 1. The van der Waals surface area contributed by atoms with E-state index in [4.69, 9.17) is 17.3 Å². The molecule has 140 valence electrons. The third-order valence-corrected chi connectivity index (χ3v) is 5.23. The van der Waals surface area contributed by atoms with Crippen molar-refractivity contribution in [1.82, 2.24) is 15.2 Å². The Morgan fingerprint density at radius 1 is 1.35 bits per heavy atom. The van der Waals surface area contributed by atoms with Crippen LogP contribution in [0.25, 0.3) is 10.9 Å². The summed E-state index contributed by atoms with van der Waals surface area (Å²) in [7, 11) is 3.45. The Kier molecular flexibility index (Phi) is 5.20. The van der Waals surface area contributed by atoms with Crippen molar-refractivity contribution in [2.45, 2.75) is 31.3 Å². The van der Waals surface area contributed by atoms with Gasteiger partial charge in [-0.3, -0.25) is 9.59 Å². The van der Waals surface area contributed by atoms with Crippen LogP contribution >= 0.6 is 11.6 Å². The number of fused-ring (bicyclic) bond motifs is 1. The van der Waals surface area contributed by atoms with Gasteiger partial charge >= 0.3 is 0 Å². The quantitative estimate of drug-likeness (QED) is 0.762. The van der Waals surface area contributed by atoms with E-state index in [0.717, 1.165) is 0 Å². The summed E-state index contributed by atoms with van der Waals surface area (Å²) in [5.74, 6) is -0.959. The van der Waals surface area contributed by atoms with E-state index < -0.39 is 5.82 Å². The van der Waals surface area contributed by atoms with Crippen molar-refractivity contribution in [3.63, 3.8) is 0 Å². The van der Waals surface area contributed by atoms with Crippen molar-refractivity contribution in [3.05, 3.63) is 34.7 Å². The molecule has 2 aromatic rings. The molecule has 6 nitrogen and oxygen atoms in total. The standard InChI is InChI=1S/C18H22ClFN4O2/c1-24(2)18(26)9-3-5-14(12(21)7-9)23-17(25)15-8-10-13(22-15)6-4-11(19)16(10)20/h4,6,8-9,12,14,22H,3,5,7,21H2,1-2H3,(H,23,25). The molecule has 0 saturated heterocycles. The van der Waals surface area contributed by atoms with E-state index in [2.05, 4.69) is 10.3 Å². The number of carbonyl (C=O) groups excluding carboxylic acids is 2. The topological polar surface area (TPSA) is 91.2 Å². The van der Waals surface area contributed by atoms with Gasteiger partial charge in [-0.25, -0.2) is 4.39 Å². The highest BCUT2D eigenvalue weighted by Gasteiger charge is 2.33. The van der Waals surface area contributed by atoms with Crippen LogP contribution in [-0.4, -0.2) is 47.9 Å². The van der Waals surface area contributed by atoms with Crippen LogP contribution < -0.4 is 11.1 Å². The van der Waals surface area contributed by atoms with Crippen molar-refractivity contribution in [1.29, 1.82) is 0 Å². The first-order valence-electron chi connectivity index (χ1n) is 8.52. The molecule has 1 saturated carbocycles. The summed E-state index contributed by atoms with van der Waals surface area (Å²) < 4.78 is 14.0. The maximum absolute atomic E-state index is 14.0. The summed E-state index contributed by atoms with van der Waals surface area (Å²) in [6.07, 6.45) is 1.82. The van der Waals surface area contributed by atoms with Gasteiger partial charge in [0.05, 0.1) is 5.02 Å². The molecule has 0 spiro atoms. The molecule has 1 aliphatic rings. The Labute approximate surface area is 155 Å². The van der Waals surface area contributed by atoms with Crippen molar-refractivity contribution < 1.29 is 14.0 Å². The van der Waals surface area contributed by atoms with Gasteiger partial charge in [-0.05, 0) is 37.5 Å². The Morgan fingerprint density at radius 2 is 2.08 bits per heavy atom. The molecule has 8 heteroatoms. The average Bonchev–Trinajstić information content (AvgIpc) is 3.04. The zero-order valence-electron chi connectivity index (χ0n) is 14.7. The lowest BCUT2D eigenvalue weighted by molar-refractivity contribution is -0.134. The Balaban J connectivity index is 1.69. The van der Waals surface area contributed by atoms with Crippen LogP contribution in [0.2, 0.25) is 5.02 Å². The largest absolute Gasteiger partial charge is 0.350 e. The lowest BCUT2D eigenvalue weighted by Crippen LogP contribution is -2.52. The molecule has 0 bridgehead atoms. The molecular formula is C18H22ClFN4O2. The van der Waals surface area contributed by atoms with Gasteiger partial charge in [0, 0.05) is 43.0 Å². The molecule has 1 fully saturated rings. The van der Waals surface area contributed by atoms with Gasteiger partial charge in [-0.2, -0.15) is 0 Å². The highest BCUT2D eigenvalue weighted by atomic mass is 35.5. The fourth-order valence-corrected chi connectivity index (χ4v) is 3.65. The van der Waals surface area contributed by atoms with E-state index in [1.54, 1.807) is 25.1 Å². The van der Waals surface area contributed by atoms with Crippen LogP contribution in [0.3, 0.4) is 0 Å². The number of nitrogens with zero attached hydrogens (tertiary/aromatic N) is 1. The number of aromatic amines is 1. The zero-order valence-corrected chi connectivity index (χ0v) is 15.4. The molecule has 0 radical (unpaired) electrons. The molecule has 2 amide bonds. The number of nitrogens with one attached hydrogen (secondary N) is 2. The number of halogens is 2. The first-order valence-corrected chi connectivity index (χ1v) is 8.90. The summed E-state index contributed by atoms with van der Waals surface area (Å²) in [4.78, 5) is 29.1. The van der Waals surface area contributed by atoms with Gasteiger partial charge in [-0.1, -0.05) is 11.6 Å². The van der Waals surface area contributed by atoms with E-state index >= 15 is 0 Å². The third-order valence-electron chi connectivity index (χ3n) is 4.94. The number of amides is 2. The Hall–Kier alpha value is -2.12. The molecule has 1 aromatic carbocycles. The van der Waals surface area contributed by atoms with Crippen molar-refractivity contribution in [2.75, 3.05) is 14.1 Å². The van der Waals surface area contributed by atoms with Gasteiger partial charge in [0.25, 0.3) is 5.91 Å². The second-order valence-corrected chi connectivity index (χ2v) is 7.40. The first kappa shape index (κ1) is 18.7. The summed E-state index contributed by atoms with van der Waals surface area (Å²) in [6, 6.07) is 3.97. The second kappa shape index (κ2) is 7.25. The molecule has 1 heterocycles. The number of hydrogen-bond acceptors (Lipinski definition) is 3. The Morgan fingerprint density at radius 3 is 2.73 bits per heavy atom. The van der Waals surface area contributed by atoms with Crippen LogP contribution in [0.15, 0.2) is 18.2 Å². The van der Waals surface area contributed by atoms with E-state index in [0.29, 0.717) is 24.8 Å². The lowest BCUT2D eigenvalue weighted by atomic mass is 9.82. The number of carbonyl (C=O) groups is 2. The minimum absolute atomic E-state index is 0.00867. The molecule has 3 atom stereocenters. The van der Waals surface area contributed by atoms with E-state index in [1.807, 2.05) is 0 Å². The molecule has 3 unspecified atom stereocenters. The fraction of sp³-hybridized carbons (Fsp3) is 0.444. The summed E-state index contributed by atoms with van der Waals surface area (Å²) in [5.41, 5.74) is 6.93. The summed E-state index contributed by atoms with van der Waals surface area (Å²) >= 11 is 5.78. The van der Waals surface area contributed by atoms with Crippen molar-refractivity contribution in [3.8, 4) is 0 Å². The van der Waals surface area contributed by atoms with E-state index in [9.17, 15) is 14.0 Å². The average molecular weight is 381 g/mol. The predicted octanol–water partition coefficient (Wildman–Crippen LogP) is 2.27. The fourth-order valence-electron chi connectivity index (χ4n) is 3.48. The van der Waals surface area contributed by atoms with Crippen LogP contribution in [0, 0.1) is 11.7 Å². The van der Waals surface area contributed by atoms with Crippen LogP contribution in [0.1, 0.15) is 29.8 Å². The normalized spacial score (nSPS) is 23.0. The summed E-state index contributed by atoms with van der Waals surface area (Å²) in [5, 5.41) is 3.17. The number of rotatable bonds is 3. The molecule has 3 rings (SSSR count). The minimum Gasteiger partial charge on any atom is -0.350 e. The smallest absolute Gasteiger partial charge is 0.268 e. The first-order chi connectivity index (χ1) is 12.3. The SMILES string of the molecule is CN(C)C(=O)C1CCC(NC(=O)c2cc3c(F)c(Cl)ccc3[nH]2)C(N)C1. The van der Waals surface area contributed by atoms with Gasteiger partial charge < -0.3 is 20.9 Å². The maximum Gasteiger partial charge on any atom is 0.268 e. The van der Waals surface area contributed by atoms with Crippen LogP contribution in [0.5, 0.6) is 0 Å². The second-order valence-electron chi connectivity index (χ2n) is 6.99. The number of nitrogens with two attached hydrogens (primary N) is 1. The van der Waals surface area contributed by atoms with Crippen LogP contribution in [-0.2, 0) is 4.79 Å². The monoisotopic (exact) mass is 380 g/mol. The van der Waals surface area contributed by atoms with Gasteiger partial charge in [-0.15, -0.1) is 0 Å². The highest BCUT2D eigenvalue weighted by Crippen LogP contribution is 2.27.